The first-order chi connectivity index (χ1) is 11.7. The Balaban J connectivity index is 1.90. The van der Waals surface area contributed by atoms with E-state index in [9.17, 15) is 9.90 Å². The smallest absolute Gasteiger partial charge is 0.271 e. The van der Waals surface area contributed by atoms with Crippen LogP contribution in [-0.2, 0) is 0 Å². The van der Waals surface area contributed by atoms with Crippen LogP contribution in [0.1, 0.15) is 21.6 Å². The number of phenols is 1. The van der Waals surface area contributed by atoms with Crippen LogP contribution in [0.25, 0.3) is 0 Å². The third-order valence-corrected chi connectivity index (χ3v) is 3.35. The number of benzene rings is 2. The van der Waals surface area contributed by atoms with E-state index in [1.165, 1.54) is 24.3 Å². The number of nitrogens with one attached hydrogen (secondary N) is 1. The highest BCUT2D eigenvalue weighted by Gasteiger charge is 2.10. The zero-order valence-corrected chi connectivity index (χ0v) is 12.8. The SMILES string of the molecule is O=C(NN=C(c1ccccc1)c1ccccn1)c1ccc(O)cc1. The number of hydrogen-bond acceptors (Lipinski definition) is 4. The molecule has 1 heterocycles. The fourth-order valence-electron chi connectivity index (χ4n) is 2.15. The zero-order valence-electron chi connectivity index (χ0n) is 12.8. The molecule has 0 atom stereocenters. The van der Waals surface area contributed by atoms with Gasteiger partial charge >= 0.3 is 0 Å². The summed E-state index contributed by atoms with van der Waals surface area (Å²) in [6, 6.07) is 21.0. The number of hydrogen-bond donors (Lipinski definition) is 2. The molecule has 24 heavy (non-hydrogen) atoms. The molecule has 0 aliphatic carbocycles. The van der Waals surface area contributed by atoms with Crippen LogP contribution in [0.4, 0.5) is 0 Å². The van der Waals surface area contributed by atoms with Crippen molar-refractivity contribution in [3.63, 3.8) is 0 Å². The summed E-state index contributed by atoms with van der Waals surface area (Å²) < 4.78 is 0. The fraction of sp³-hybridized carbons (Fsp3) is 0. The molecule has 0 unspecified atom stereocenters. The van der Waals surface area contributed by atoms with Gasteiger partial charge in [0.2, 0.25) is 0 Å². The molecule has 0 aliphatic heterocycles. The highest BCUT2D eigenvalue weighted by Crippen LogP contribution is 2.11. The summed E-state index contributed by atoms with van der Waals surface area (Å²) in [7, 11) is 0. The number of nitrogens with zero attached hydrogens (tertiary/aromatic N) is 2. The van der Waals surface area contributed by atoms with Crippen LogP contribution in [-0.4, -0.2) is 21.7 Å². The number of carbonyl (C=O) groups is 1. The van der Waals surface area contributed by atoms with Crippen molar-refractivity contribution >= 4 is 11.6 Å². The van der Waals surface area contributed by atoms with E-state index in [4.69, 9.17) is 0 Å². The van der Waals surface area contributed by atoms with Crippen molar-refractivity contribution in [3.05, 3.63) is 95.8 Å². The first-order valence-corrected chi connectivity index (χ1v) is 7.38. The highest BCUT2D eigenvalue weighted by atomic mass is 16.3. The van der Waals surface area contributed by atoms with Gasteiger partial charge in [0.15, 0.2) is 0 Å². The van der Waals surface area contributed by atoms with E-state index in [0.717, 1.165) is 5.56 Å². The lowest BCUT2D eigenvalue weighted by molar-refractivity contribution is 0.0955. The van der Waals surface area contributed by atoms with Crippen molar-refractivity contribution in [3.8, 4) is 5.75 Å². The van der Waals surface area contributed by atoms with Gasteiger partial charge < -0.3 is 5.11 Å². The monoisotopic (exact) mass is 317 g/mol. The molecule has 118 valence electrons. The van der Waals surface area contributed by atoms with Crippen molar-refractivity contribution in [1.82, 2.24) is 10.4 Å². The lowest BCUT2D eigenvalue weighted by atomic mass is 10.1. The third-order valence-electron chi connectivity index (χ3n) is 3.35. The largest absolute Gasteiger partial charge is 0.508 e. The number of amides is 1. The molecule has 0 radical (unpaired) electrons. The van der Waals surface area contributed by atoms with Gasteiger partial charge in [-0.2, -0.15) is 5.10 Å². The molecule has 5 nitrogen and oxygen atoms in total. The average molecular weight is 317 g/mol. The summed E-state index contributed by atoms with van der Waals surface area (Å²) in [6.45, 7) is 0. The lowest BCUT2D eigenvalue weighted by Gasteiger charge is -2.07. The summed E-state index contributed by atoms with van der Waals surface area (Å²) in [4.78, 5) is 16.5. The van der Waals surface area contributed by atoms with Crippen LogP contribution >= 0.6 is 0 Å². The quantitative estimate of drug-likeness (QED) is 0.574. The van der Waals surface area contributed by atoms with Gasteiger partial charge in [0.05, 0.1) is 5.69 Å². The molecule has 2 N–H and O–H groups in total. The van der Waals surface area contributed by atoms with Gasteiger partial charge in [0.25, 0.3) is 5.91 Å². The molecule has 0 saturated carbocycles. The maximum absolute atomic E-state index is 12.2. The number of aromatic hydroxyl groups is 1. The second-order valence-corrected chi connectivity index (χ2v) is 5.03. The Kier molecular flexibility index (Phi) is 4.62. The second kappa shape index (κ2) is 7.19. The maximum atomic E-state index is 12.2. The summed E-state index contributed by atoms with van der Waals surface area (Å²) in [5, 5.41) is 13.5. The second-order valence-electron chi connectivity index (χ2n) is 5.03. The normalized spacial score (nSPS) is 11.1. The van der Waals surface area contributed by atoms with Gasteiger partial charge in [-0.1, -0.05) is 36.4 Å². The van der Waals surface area contributed by atoms with Gasteiger partial charge in [-0.25, -0.2) is 5.43 Å². The summed E-state index contributed by atoms with van der Waals surface area (Å²) in [6.07, 6.45) is 1.68. The molecule has 0 bridgehead atoms. The molecular weight excluding hydrogens is 302 g/mol. The van der Waals surface area contributed by atoms with Gasteiger partial charge in [-0.15, -0.1) is 0 Å². The summed E-state index contributed by atoms with van der Waals surface area (Å²) in [5.74, 6) is -0.257. The molecule has 0 saturated heterocycles. The van der Waals surface area contributed by atoms with E-state index in [0.29, 0.717) is 17.0 Å². The Hall–Kier alpha value is -3.47. The van der Waals surface area contributed by atoms with E-state index in [1.54, 1.807) is 6.20 Å². The minimum absolute atomic E-state index is 0.105. The average Bonchev–Trinajstić information content (AvgIpc) is 2.64. The van der Waals surface area contributed by atoms with Crippen LogP contribution < -0.4 is 5.43 Å². The highest BCUT2D eigenvalue weighted by molar-refractivity contribution is 6.12. The van der Waals surface area contributed by atoms with E-state index in [2.05, 4.69) is 15.5 Å². The van der Waals surface area contributed by atoms with Crippen molar-refractivity contribution < 1.29 is 9.90 Å². The Morgan fingerprint density at radius 2 is 1.58 bits per heavy atom. The Labute approximate surface area is 139 Å². The molecule has 0 spiro atoms. The Bertz CT molecular complexity index is 803. The predicted molar refractivity (Wildman–Crippen MR) is 91.9 cm³/mol. The molecule has 1 aromatic heterocycles. The van der Waals surface area contributed by atoms with E-state index >= 15 is 0 Å². The molecule has 3 rings (SSSR count). The summed E-state index contributed by atoms with van der Waals surface area (Å²) in [5.41, 5.74) is 5.03. The number of carbonyl (C=O) groups excluding carboxylic acids is 1. The van der Waals surface area contributed by atoms with Crippen LogP contribution in [0.5, 0.6) is 5.75 Å². The van der Waals surface area contributed by atoms with Gasteiger partial charge in [-0.3, -0.25) is 9.78 Å². The van der Waals surface area contributed by atoms with E-state index in [-0.39, 0.29) is 11.7 Å². The summed E-state index contributed by atoms with van der Waals surface area (Å²) >= 11 is 0. The standard InChI is InChI=1S/C19H15N3O2/c23-16-11-9-15(10-12-16)19(24)22-21-18(14-6-2-1-3-7-14)17-8-4-5-13-20-17/h1-13,23H,(H,22,24). The molecule has 3 aromatic rings. The van der Waals surface area contributed by atoms with Crippen molar-refractivity contribution in [2.24, 2.45) is 5.10 Å². The number of pyridine rings is 1. The van der Waals surface area contributed by atoms with Gasteiger partial charge in [0, 0.05) is 17.3 Å². The van der Waals surface area contributed by atoms with E-state index in [1.807, 2.05) is 48.5 Å². The zero-order chi connectivity index (χ0) is 16.8. The molecule has 2 aromatic carbocycles. The van der Waals surface area contributed by atoms with Crippen LogP contribution in [0.3, 0.4) is 0 Å². The molecule has 1 amide bonds. The topological polar surface area (TPSA) is 74.6 Å². The fourth-order valence-corrected chi connectivity index (χ4v) is 2.15. The first kappa shape index (κ1) is 15.4. The predicted octanol–water partition coefficient (Wildman–Crippen LogP) is 2.97. The molecule has 0 aliphatic rings. The Morgan fingerprint density at radius 1 is 0.875 bits per heavy atom. The third kappa shape index (κ3) is 3.64. The Morgan fingerprint density at radius 3 is 2.25 bits per heavy atom. The van der Waals surface area contributed by atoms with Crippen LogP contribution in [0.2, 0.25) is 0 Å². The van der Waals surface area contributed by atoms with E-state index < -0.39 is 0 Å². The number of aromatic nitrogens is 1. The van der Waals surface area contributed by atoms with Crippen LogP contribution in [0, 0.1) is 0 Å². The molecule has 5 heteroatoms. The van der Waals surface area contributed by atoms with Crippen molar-refractivity contribution in [2.45, 2.75) is 0 Å². The minimum Gasteiger partial charge on any atom is -0.508 e. The molecule has 0 fully saturated rings. The lowest BCUT2D eigenvalue weighted by Crippen LogP contribution is -2.21. The molecular formula is C19H15N3O2. The van der Waals surface area contributed by atoms with Crippen LogP contribution in [0.15, 0.2) is 84.1 Å². The van der Waals surface area contributed by atoms with Gasteiger partial charge in [-0.05, 0) is 36.4 Å². The minimum atomic E-state index is -0.362. The van der Waals surface area contributed by atoms with Gasteiger partial charge in [0.1, 0.15) is 11.5 Å². The number of hydrazone groups is 1. The number of phenolic OH excluding ortho intramolecular Hbond substituents is 1. The maximum Gasteiger partial charge on any atom is 0.271 e. The first-order valence-electron chi connectivity index (χ1n) is 7.38. The number of rotatable bonds is 4. The van der Waals surface area contributed by atoms with Crippen molar-refractivity contribution in [2.75, 3.05) is 0 Å². The van der Waals surface area contributed by atoms with Crippen molar-refractivity contribution in [1.29, 1.82) is 0 Å².